The van der Waals surface area contributed by atoms with Gasteiger partial charge in [-0.2, -0.15) is 0 Å². The molecule has 2 heterocycles. The van der Waals surface area contributed by atoms with Crippen LogP contribution >= 0.6 is 0 Å². The molecule has 1 aliphatic heterocycles. The van der Waals surface area contributed by atoms with Gasteiger partial charge >= 0.3 is 0 Å². The first kappa shape index (κ1) is 14.9. The van der Waals surface area contributed by atoms with Gasteiger partial charge in [-0.3, -0.25) is 15.5 Å². The smallest absolute Gasteiger partial charge is 0.269 e. The van der Waals surface area contributed by atoms with Gasteiger partial charge in [-0.15, -0.1) is 0 Å². The third-order valence-electron chi connectivity index (χ3n) is 4.18. The summed E-state index contributed by atoms with van der Waals surface area (Å²) in [6, 6.07) is 13.7. The number of non-ortho nitro benzene ring substituents is 1. The van der Waals surface area contributed by atoms with Crippen LogP contribution in [0.1, 0.15) is 22.6 Å². The minimum Gasteiger partial charge on any atom is -0.438 e. The molecule has 0 spiro atoms. The van der Waals surface area contributed by atoms with Crippen LogP contribution in [-0.4, -0.2) is 14.6 Å². The highest BCUT2D eigenvalue weighted by Gasteiger charge is 2.32. The lowest BCUT2D eigenvalue weighted by atomic mass is 9.84. The molecule has 8 nitrogen and oxygen atoms in total. The third kappa shape index (κ3) is 2.31. The SMILES string of the molecule is N=c1c2c(ncn1N)Oc1ccccc1C2c1cccc([N+](=O)[O-])c1. The fraction of sp³-hybridized carbons (Fsp3) is 0.0588. The number of nitro groups is 1. The highest BCUT2D eigenvalue weighted by atomic mass is 16.6. The Morgan fingerprint density at radius 1 is 1.24 bits per heavy atom. The van der Waals surface area contributed by atoms with Crippen LogP contribution in [0, 0.1) is 15.5 Å². The van der Waals surface area contributed by atoms with Crippen molar-refractivity contribution in [2.75, 3.05) is 5.84 Å². The molecule has 0 aliphatic carbocycles. The van der Waals surface area contributed by atoms with E-state index in [2.05, 4.69) is 4.98 Å². The van der Waals surface area contributed by atoms with E-state index < -0.39 is 10.8 Å². The van der Waals surface area contributed by atoms with E-state index >= 15 is 0 Å². The fourth-order valence-corrected chi connectivity index (χ4v) is 3.06. The van der Waals surface area contributed by atoms with Gasteiger partial charge in [0.2, 0.25) is 5.88 Å². The van der Waals surface area contributed by atoms with Gasteiger partial charge in [0.25, 0.3) is 5.69 Å². The Morgan fingerprint density at radius 3 is 2.84 bits per heavy atom. The Bertz CT molecular complexity index is 1060. The molecular weight excluding hydrogens is 322 g/mol. The predicted octanol–water partition coefficient (Wildman–Crippen LogP) is 2.27. The van der Waals surface area contributed by atoms with Crippen molar-refractivity contribution in [1.29, 1.82) is 5.41 Å². The fourth-order valence-electron chi connectivity index (χ4n) is 3.06. The molecule has 2 aromatic carbocycles. The number of hydrogen-bond donors (Lipinski definition) is 2. The monoisotopic (exact) mass is 335 g/mol. The average Bonchev–Trinajstić information content (AvgIpc) is 2.63. The second-order valence-electron chi connectivity index (χ2n) is 5.64. The van der Waals surface area contributed by atoms with E-state index in [0.29, 0.717) is 16.9 Å². The Kier molecular flexibility index (Phi) is 3.24. The zero-order valence-corrected chi connectivity index (χ0v) is 12.9. The molecule has 4 rings (SSSR count). The molecule has 0 radical (unpaired) electrons. The van der Waals surface area contributed by atoms with Crippen molar-refractivity contribution in [2.24, 2.45) is 0 Å². The lowest BCUT2D eigenvalue weighted by Gasteiger charge is -2.27. The van der Waals surface area contributed by atoms with E-state index in [-0.39, 0.29) is 17.1 Å². The van der Waals surface area contributed by atoms with Gasteiger partial charge in [0, 0.05) is 23.6 Å². The molecule has 3 aromatic rings. The molecule has 8 heteroatoms. The number of aromatic nitrogens is 2. The Morgan fingerprint density at radius 2 is 2.04 bits per heavy atom. The quantitative estimate of drug-likeness (QED) is 0.331. The number of hydrogen-bond acceptors (Lipinski definition) is 6. The van der Waals surface area contributed by atoms with Gasteiger partial charge in [-0.05, 0) is 11.6 Å². The Hall–Kier alpha value is -3.68. The number of benzene rings is 2. The van der Waals surface area contributed by atoms with E-state index in [1.54, 1.807) is 18.2 Å². The summed E-state index contributed by atoms with van der Waals surface area (Å²) < 4.78 is 6.91. The molecule has 1 atom stereocenters. The topological polar surface area (TPSA) is 120 Å². The maximum Gasteiger partial charge on any atom is 0.269 e. The third-order valence-corrected chi connectivity index (χ3v) is 4.18. The van der Waals surface area contributed by atoms with E-state index in [1.165, 1.54) is 18.5 Å². The summed E-state index contributed by atoms with van der Waals surface area (Å²) in [6.07, 6.45) is 1.31. The van der Waals surface area contributed by atoms with Crippen LogP contribution in [0.2, 0.25) is 0 Å². The van der Waals surface area contributed by atoms with Crippen LogP contribution in [0.25, 0.3) is 0 Å². The molecule has 0 saturated heterocycles. The van der Waals surface area contributed by atoms with Crippen LogP contribution in [0.15, 0.2) is 54.9 Å². The number of nitrogens with one attached hydrogen (secondary N) is 1. The molecule has 3 N–H and O–H groups in total. The average molecular weight is 335 g/mol. The van der Waals surface area contributed by atoms with Gasteiger partial charge in [0.05, 0.1) is 10.5 Å². The number of para-hydroxylation sites is 1. The van der Waals surface area contributed by atoms with Crippen molar-refractivity contribution in [2.45, 2.75) is 5.92 Å². The molecular formula is C17H13N5O3. The lowest BCUT2D eigenvalue weighted by molar-refractivity contribution is -0.384. The van der Waals surface area contributed by atoms with E-state index in [4.69, 9.17) is 16.0 Å². The molecule has 0 fully saturated rings. The van der Waals surface area contributed by atoms with E-state index in [1.807, 2.05) is 18.2 Å². The number of nitrogens with zero attached hydrogens (tertiary/aromatic N) is 3. The number of nitrogen functional groups attached to an aromatic ring is 1. The second kappa shape index (κ2) is 5.45. The summed E-state index contributed by atoms with van der Waals surface area (Å²) in [5, 5.41) is 19.5. The molecule has 1 unspecified atom stereocenters. The highest BCUT2D eigenvalue weighted by Crippen LogP contribution is 2.44. The predicted molar refractivity (Wildman–Crippen MR) is 88.8 cm³/mol. The molecule has 25 heavy (non-hydrogen) atoms. The van der Waals surface area contributed by atoms with Gasteiger partial charge in [0.1, 0.15) is 12.1 Å². The standard InChI is InChI=1S/C17H13N5O3/c18-16-15-14(10-4-3-5-11(8-10)22(23)24)12-6-1-2-7-13(12)25-17(15)20-9-21(16)19/h1-9,14,18H,19H2. The van der Waals surface area contributed by atoms with Gasteiger partial charge in [-0.25, -0.2) is 9.66 Å². The molecule has 0 bridgehead atoms. The van der Waals surface area contributed by atoms with E-state index in [0.717, 1.165) is 10.2 Å². The number of rotatable bonds is 2. The van der Waals surface area contributed by atoms with Crippen LogP contribution in [0.3, 0.4) is 0 Å². The zero-order chi connectivity index (χ0) is 17.6. The summed E-state index contributed by atoms with van der Waals surface area (Å²) in [5.74, 6) is 6.24. The minimum atomic E-state index is -0.441. The van der Waals surface area contributed by atoms with Crippen molar-refractivity contribution in [1.82, 2.24) is 9.66 Å². The number of nitro benzene ring substituents is 1. The lowest BCUT2D eigenvalue weighted by Crippen LogP contribution is -2.33. The van der Waals surface area contributed by atoms with Crippen molar-refractivity contribution >= 4 is 5.69 Å². The maximum absolute atomic E-state index is 11.2. The Balaban J connectivity index is 2.02. The normalized spacial score (nSPS) is 15.0. The van der Waals surface area contributed by atoms with Crippen molar-refractivity contribution in [3.05, 3.63) is 87.2 Å². The zero-order valence-electron chi connectivity index (χ0n) is 12.9. The first-order valence-electron chi connectivity index (χ1n) is 7.48. The van der Waals surface area contributed by atoms with Crippen LogP contribution < -0.4 is 16.1 Å². The first-order chi connectivity index (χ1) is 12.1. The minimum absolute atomic E-state index is 0.0148. The summed E-state index contributed by atoms with van der Waals surface area (Å²) in [6.45, 7) is 0. The van der Waals surface area contributed by atoms with Crippen molar-refractivity contribution in [3.8, 4) is 11.6 Å². The van der Waals surface area contributed by atoms with Gasteiger partial charge < -0.3 is 10.6 Å². The van der Waals surface area contributed by atoms with Crippen molar-refractivity contribution < 1.29 is 9.66 Å². The molecule has 1 aliphatic rings. The summed E-state index contributed by atoms with van der Waals surface area (Å²) >= 11 is 0. The summed E-state index contributed by atoms with van der Waals surface area (Å²) in [5.41, 5.74) is 1.98. The Labute approximate surface area is 141 Å². The van der Waals surface area contributed by atoms with Crippen LogP contribution in [-0.2, 0) is 0 Å². The number of ether oxygens (including phenoxy) is 1. The van der Waals surface area contributed by atoms with Gasteiger partial charge in [0.15, 0.2) is 5.49 Å². The number of fused-ring (bicyclic) bond motifs is 2. The second-order valence-corrected chi connectivity index (χ2v) is 5.64. The van der Waals surface area contributed by atoms with Crippen LogP contribution in [0.5, 0.6) is 11.6 Å². The van der Waals surface area contributed by atoms with Crippen LogP contribution in [0.4, 0.5) is 5.69 Å². The summed E-state index contributed by atoms with van der Waals surface area (Å²) in [7, 11) is 0. The maximum atomic E-state index is 11.2. The van der Waals surface area contributed by atoms with Gasteiger partial charge in [-0.1, -0.05) is 30.3 Å². The molecule has 1 aromatic heterocycles. The first-order valence-corrected chi connectivity index (χ1v) is 7.48. The highest BCUT2D eigenvalue weighted by molar-refractivity contribution is 5.56. The molecule has 0 amide bonds. The van der Waals surface area contributed by atoms with E-state index in [9.17, 15) is 10.1 Å². The molecule has 124 valence electrons. The summed E-state index contributed by atoms with van der Waals surface area (Å²) in [4.78, 5) is 14.9. The largest absolute Gasteiger partial charge is 0.438 e. The van der Waals surface area contributed by atoms with Crippen molar-refractivity contribution in [3.63, 3.8) is 0 Å². The number of nitrogens with two attached hydrogens (primary N) is 1. The molecule has 0 saturated carbocycles.